The van der Waals surface area contributed by atoms with Crippen LogP contribution >= 0.6 is 0 Å². The lowest BCUT2D eigenvalue weighted by Crippen LogP contribution is -2.52. The molecule has 2 aromatic heterocycles. The van der Waals surface area contributed by atoms with Gasteiger partial charge < -0.3 is 14.6 Å². The molecule has 2 fully saturated rings. The van der Waals surface area contributed by atoms with Crippen molar-refractivity contribution in [3.05, 3.63) is 81.9 Å². The van der Waals surface area contributed by atoms with Crippen molar-refractivity contribution in [1.29, 1.82) is 0 Å². The van der Waals surface area contributed by atoms with Gasteiger partial charge in [-0.15, -0.1) is 0 Å². The van der Waals surface area contributed by atoms with E-state index in [2.05, 4.69) is 10.1 Å². The first-order valence-corrected chi connectivity index (χ1v) is 13.2. The molecule has 7 rings (SSSR count). The van der Waals surface area contributed by atoms with Gasteiger partial charge >= 0.3 is 0 Å². The largest absolute Gasteiger partial charge is 0.486 e. The number of para-hydroxylation sites is 1. The van der Waals surface area contributed by atoms with Gasteiger partial charge in [-0.1, -0.05) is 18.2 Å². The molecule has 1 aliphatic carbocycles. The summed E-state index contributed by atoms with van der Waals surface area (Å²) in [7, 11) is 1.86. The monoisotopic (exact) mass is 508 g/mol. The van der Waals surface area contributed by atoms with Crippen molar-refractivity contribution >= 4 is 22.6 Å². The number of fused-ring (bicyclic) bond motifs is 2. The van der Waals surface area contributed by atoms with Gasteiger partial charge in [0.15, 0.2) is 11.2 Å². The number of amides is 1. The lowest BCUT2D eigenvalue weighted by atomic mass is 9.82. The summed E-state index contributed by atoms with van der Waals surface area (Å²) in [4.78, 5) is 44.5. The number of ketones is 1. The normalized spacial score (nSPS) is 18.4. The second-order valence-corrected chi connectivity index (χ2v) is 10.9. The number of H-pyrrole nitrogens is 1. The van der Waals surface area contributed by atoms with E-state index in [1.54, 1.807) is 15.8 Å². The van der Waals surface area contributed by atoms with Crippen molar-refractivity contribution in [1.82, 2.24) is 19.7 Å². The Morgan fingerprint density at radius 2 is 1.89 bits per heavy atom. The number of ether oxygens (including phenoxy) is 1. The average molecular weight is 509 g/mol. The molecule has 3 aliphatic rings. The zero-order valence-electron chi connectivity index (χ0n) is 21.2. The topological polar surface area (TPSA) is 97.3 Å². The number of hydrogen-bond donors (Lipinski definition) is 1. The van der Waals surface area contributed by atoms with Gasteiger partial charge in [0.2, 0.25) is 0 Å². The summed E-state index contributed by atoms with van der Waals surface area (Å²) in [6, 6.07) is 12.9. The highest BCUT2D eigenvalue weighted by Crippen LogP contribution is 2.43. The van der Waals surface area contributed by atoms with Crippen LogP contribution in [0.3, 0.4) is 0 Å². The highest BCUT2D eigenvalue weighted by molar-refractivity contribution is 6.01. The van der Waals surface area contributed by atoms with Crippen molar-refractivity contribution in [2.75, 3.05) is 13.1 Å². The molecule has 4 heterocycles. The number of aromatic nitrogens is 3. The number of nitrogens with one attached hydrogen (secondary N) is 1. The molecule has 192 valence electrons. The van der Waals surface area contributed by atoms with E-state index in [-0.39, 0.29) is 23.5 Å². The number of pyridine rings is 1. The Bertz CT molecular complexity index is 1670. The predicted octanol–water partition coefficient (Wildman–Crippen LogP) is 4.45. The van der Waals surface area contributed by atoms with Crippen LogP contribution in [0.5, 0.6) is 5.75 Å². The summed E-state index contributed by atoms with van der Waals surface area (Å²) in [6.07, 6.45) is 7.31. The van der Waals surface area contributed by atoms with Crippen LogP contribution in [0.1, 0.15) is 64.4 Å². The Balaban J connectivity index is 1.10. The summed E-state index contributed by atoms with van der Waals surface area (Å²) < 4.78 is 8.18. The minimum absolute atomic E-state index is 0.0585. The number of aryl methyl sites for hydroxylation is 1. The van der Waals surface area contributed by atoms with E-state index in [0.717, 1.165) is 35.0 Å². The van der Waals surface area contributed by atoms with Crippen LogP contribution in [-0.4, -0.2) is 50.0 Å². The van der Waals surface area contributed by atoms with E-state index in [0.29, 0.717) is 54.2 Å². The second-order valence-electron chi connectivity index (χ2n) is 10.9. The third-order valence-electron chi connectivity index (χ3n) is 8.23. The van der Waals surface area contributed by atoms with Crippen molar-refractivity contribution in [2.24, 2.45) is 7.05 Å². The van der Waals surface area contributed by atoms with Crippen LogP contribution in [0.2, 0.25) is 0 Å². The molecule has 0 atom stereocenters. The van der Waals surface area contributed by atoms with Crippen LogP contribution in [-0.2, 0) is 7.05 Å². The number of rotatable bonds is 3. The van der Waals surface area contributed by atoms with Crippen molar-refractivity contribution < 1.29 is 14.3 Å². The fourth-order valence-electron chi connectivity index (χ4n) is 5.95. The molecule has 0 bridgehead atoms. The van der Waals surface area contributed by atoms with Gasteiger partial charge in [-0.2, -0.15) is 5.10 Å². The summed E-state index contributed by atoms with van der Waals surface area (Å²) in [5.41, 5.74) is 3.93. The molecule has 1 spiro atoms. The Hall–Kier alpha value is -4.20. The molecular formula is C30H28N4O4. The first kappa shape index (κ1) is 23.0. The number of Topliss-reactive ketones (excluding diaryl/α,β-unsaturated/α-hetero) is 1. The molecule has 8 nitrogen and oxygen atoms in total. The molecule has 38 heavy (non-hydrogen) atoms. The number of piperidine rings is 1. The summed E-state index contributed by atoms with van der Waals surface area (Å²) in [6.45, 7) is 0.916. The Kier molecular flexibility index (Phi) is 5.08. The van der Waals surface area contributed by atoms with Gasteiger partial charge in [0.25, 0.3) is 5.91 Å². The van der Waals surface area contributed by atoms with Crippen LogP contribution in [0.25, 0.3) is 22.0 Å². The molecule has 1 saturated carbocycles. The number of nitrogens with zero attached hydrogens (tertiary/aromatic N) is 3. The van der Waals surface area contributed by atoms with E-state index in [1.807, 2.05) is 49.6 Å². The smallest absolute Gasteiger partial charge is 0.270 e. The number of hydrogen-bond acceptors (Lipinski definition) is 5. The average Bonchev–Trinajstić information content (AvgIpc) is 3.68. The number of aromatic amines is 1. The van der Waals surface area contributed by atoms with E-state index < -0.39 is 5.60 Å². The van der Waals surface area contributed by atoms with Crippen LogP contribution in [0, 0.1) is 0 Å². The maximum atomic E-state index is 13.4. The standard InChI is InChI=1S/C30H28N4O4/c1-33-17-20(16-31-33)19-7-8-27-23(13-19)26(36)15-30(38-27)9-11-34(12-10-30)29(37)24-14-25(35)22-4-2-3-21(18-5-6-18)28(22)32-24/h2-4,7-8,13-14,16-18H,5-6,9-12,15H2,1H3,(H,32,35). The lowest BCUT2D eigenvalue weighted by Gasteiger charge is -2.44. The van der Waals surface area contributed by atoms with Crippen LogP contribution in [0.15, 0.2) is 59.7 Å². The van der Waals surface area contributed by atoms with Gasteiger partial charge in [-0.3, -0.25) is 19.1 Å². The lowest BCUT2D eigenvalue weighted by molar-refractivity contribution is -0.00583. The summed E-state index contributed by atoms with van der Waals surface area (Å²) in [5, 5.41) is 4.85. The summed E-state index contributed by atoms with van der Waals surface area (Å²) >= 11 is 0. The van der Waals surface area contributed by atoms with Gasteiger partial charge in [-0.05, 0) is 48.1 Å². The third-order valence-corrected chi connectivity index (χ3v) is 8.23. The molecule has 1 saturated heterocycles. The first-order chi connectivity index (χ1) is 18.4. The van der Waals surface area contributed by atoms with Gasteiger partial charge in [0.1, 0.15) is 17.0 Å². The molecule has 1 N–H and O–H groups in total. The third kappa shape index (κ3) is 3.83. The van der Waals surface area contributed by atoms with E-state index in [4.69, 9.17) is 4.74 Å². The molecule has 0 unspecified atom stereocenters. The summed E-state index contributed by atoms with van der Waals surface area (Å²) in [5.74, 6) is 0.926. The zero-order valence-corrected chi connectivity index (χ0v) is 21.2. The maximum absolute atomic E-state index is 13.4. The van der Waals surface area contributed by atoms with E-state index in [9.17, 15) is 14.4 Å². The van der Waals surface area contributed by atoms with Crippen LogP contribution < -0.4 is 10.2 Å². The second kappa shape index (κ2) is 8.41. The quantitative estimate of drug-likeness (QED) is 0.441. The number of benzene rings is 2. The molecular weight excluding hydrogens is 480 g/mol. The highest BCUT2D eigenvalue weighted by Gasteiger charge is 2.44. The molecule has 4 aromatic rings. The minimum atomic E-state index is -0.618. The fraction of sp³-hybridized carbons (Fsp3) is 0.333. The number of carbonyl (C=O) groups is 2. The van der Waals surface area contributed by atoms with E-state index >= 15 is 0 Å². The van der Waals surface area contributed by atoms with E-state index in [1.165, 1.54) is 6.07 Å². The van der Waals surface area contributed by atoms with Crippen molar-refractivity contribution in [2.45, 2.75) is 43.6 Å². The van der Waals surface area contributed by atoms with Crippen molar-refractivity contribution in [3.8, 4) is 16.9 Å². The van der Waals surface area contributed by atoms with Gasteiger partial charge in [-0.25, -0.2) is 0 Å². The first-order valence-electron chi connectivity index (χ1n) is 13.2. The molecule has 8 heteroatoms. The molecule has 2 aliphatic heterocycles. The highest BCUT2D eigenvalue weighted by atomic mass is 16.5. The Morgan fingerprint density at radius 3 is 2.63 bits per heavy atom. The van der Waals surface area contributed by atoms with Gasteiger partial charge in [0, 0.05) is 56.2 Å². The van der Waals surface area contributed by atoms with Gasteiger partial charge in [0.05, 0.1) is 23.7 Å². The number of carbonyl (C=O) groups excluding carboxylic acids is 2. The molecule has 2 aromatic carbocycles. The zero-order chi connectivity index (χ0) is 26.0. The number of likely N-dealkylation sites (tertiary alicyclic amines) is 1. The Morgan fingerprint density at radius 1 is 1.08 bits per heavy atom. The fourth-order valence-corrected chi connectivity index (χ4v) is 5.95. The van der Waals surface area contributed by atoms with Crippen LogP contribution in [0.4, 0.5) is 0 Å². The maximum Gasteiger partial charge on any atom is 0.270 e. The molecule has 0 radical (unpaired) electrons. The van der Waals surface area contributed by atoms with Crippen molar-refractivity contribution in [3.63, 3.8) is 0 Å². The SMILES string of the molecule is Cn1cc(-c2ccc3c(c2)C(=O)CC2(CCN(C(=O)c4cc(=O)c5cccc(C6CC6)c5[nH]4)CC2)O3)cn1. The Labute approximate surface area is 219 Å². The minimum Gasteiger partial charge on any atom is -0.486 e. The predicted molar refractivity (Wildman–Crippen MR) is 143 cm³/mol. The molecule has 1 amide bonds.